The zero-order chi connectivity index (χ0) is 27.4. The summed E-state index contributed by atoms with van der Waals surface area (Å²) in [5.74, 6) is -7.23. The van der Waals surface area contributed by atoms with Crippen molar-refractivity contribution in [3.05, 3.63) is 18.2 Å². The molecule has 0 aliphatic heterocycles. The third kappa shape index (κ3) is 10.6. The Balaban J connectivity index is 2.97. The maximum atomic E-state index is 12.8. The van der Waals surface area contributed by atoms with E-state index < -0.39 is 78.4 Å². The Bertz CT molecular complexity index is 982. The number of nitrogens with zero attached hydrogens (tertiary/aromatic N) is 1. The molecule has 17 nitrogen and oxygen atoms in total. The van der Waals surface area contributed by atoms with Gasteiger partial charge in [0.05, 0.1) is 25.2 Å². The number of hydrogen-bond acceptors (Lipinski definition) is 9. The van der Waals surface area contributed by atoms with Gasteiger partial charge in [-0.05, 0) is 6.42 Å². The molecule has 0 aliphatic rings. The lowest BCUT2D eigenvalue weighted by Gasteiger charge is -2.24. The van der Waals surface area contributed by atoms with E-state index >= 15 is 0 Å². The molecule has 17 heteroatoms. The first-order chi connectivity index (χ1) is 16.8. The van der Waals surface area contributed by atoms with Crippen LogP contribution < -0.4 is 38.9 Å². The van der Waals surface area contributed by atoms with Crippen LogP contribution in [0.3, 0.4) is 0 Å². The third-order valence-electron chi connectivity index (χ3n) is 4.71. The highest BCUT2D eigenvalue weighted by Gasteiger charge is 2.32. The maximum Gasteiger partial charge on any atom is 0.326 e. The number of rotatable bonds is 16. The monoisotopic (exact) mass is 511 g/mol. The van der Waals surface area contributed by atoms with Crippen molar-refractivity contribution in [1.29, 1.82) is 0 Å². The highest BCUT2D eigenvalue weighted by molar-refractivity contribution is 5.97. The molecular weight excluding hydrogens is 482 g/mol. The number of carbonyl (C=O) groups excluding carboxylic acids is 6. The standard InChI is InChI=1S/C19H29N9O8/c20-9(1-2-13(21)29)16(32)26-10(4-14(22)30)17(33)27-11(5-15(23)31)18(34)28-12(19(35)36)3-8-6-24-7-25-8/h6-7,9-12H,1-5,20H2,(H2,21,29)(H2,22,30)(H2,23,31)(H,24,25)(H,26,32)(H,27,33)(H,28,34)(H,35,36). The molecule has 13 N–H and O–H groups in total. The number of aromatic nitrogens is 2. The van der Waals surface area contributed by atoms with E-state index in [0.717, 1.165) is 0 Å². The van der Waals surface area contributed by atoms with Gasteiger partial charge in [0.2, 0.25) is 35.4 Å². The minimum atomic E-state index is -1.66. The van der Waals surface area contributed by atoms with Crippen LogP contribution in [0.5, 0.6) is 0 Å². The normalized spacial score (nSPS) is 13.9. The fraction of sp³-hybridized carbons (Fsp3) is 0.474. The quantitative estimate of drug-likeness (QED) is 0.102. The van der Waals surface area contributed by atoms with Crippen LogP contribution in [-0.2, 0) is 40.0 Å². The average Bonchev–Trinajstić information content (AvgIpc) is 3.28. The van der Waals surface area contributed by atoms with Gasteiger partial charge < -0.3 is 49.0 Å². The molecule has 198 valence electrons. The van der Waals surface area contributed by atoms with E-state index in [2.05, 4.69) is 25.9 Å². The number of aromatic amines is 1. The summed E-state index contributed by atoms with van der Waals surface area (Å²) in [6, 6.07) is -5.99. The van der Waals surface area contributed by atoms with Crippen molar-refractivity contribution >= 4 is 41.4 Å². The highest BCUT2D eigenvalue weighted by atomic mass is 16.4. The van der Waals surface area contributed by atoms with Gasteiger partial charge in [0, 0.05) is 24.7 Å². The molecule has 1 aromatic heterocycles. The molecular formula is C19H29N9O8. The number of carbonyl (C=O) groups is 7. The number of hydrogen-bond donors (Lipinski definition) is 9. The Morgan fingerprint density at radius 1 is 0.833 bits per heavy atom. The number of H-pyrrole nitrogens is 1. The van der Waals surface area contributed by atoms with Crippen LogP contribution in [0.2, 0.25) is 0 Å². The molecule has 0 fully saturated rings. The van der Waals surface area contributed by atoms with Crippen LogP contribution in [0, 0.1) is 0 Å². The second-order valence-corrected chi connectivity index (χ2v) is 7.76. The van der Waals surface area contributed by atoms with Crippen LogP contribution >= 0.6 is 0 Å². The van der Waals surface area contributed by atoms with Crippen molar-refractivity contribution < 1.29 is 38.7 Å². The Morgan fingerprint density at radius 2 is 1.33 bits per heavy atom. The van der Waals surface area contributed by atoms with Crippen molar-refractivity contribution in [2.75, 3.05) is 0 Å². The van der Waals surface area contributed by atoms with Crippen molar-refractivity contribution in [2.24, 2.45) is 22.9 Å². The summed E-state index contributed by atoms with van der Waals surface area (Å²) in [7, 11) is 0. The van der Waals surface area contributed by atoms with E-state index in [1.165, 1.54) is 12.5 Å². The van der Waals surface area contributed by atoms with Gasteiger partial charge in [-0.15, -0.1) is 0 Å². The maximum absolute atomic E-state index is 12.8. The van der Waals surface area contributed by atoms with Crippen molar-refractivity contribution in [1.82, 2.24) is 25.9 Å². The Hall–Kier alpha value is -4.54. The molecule has 0 saturated heterocycles. The van der Waals surface area contributed by atoms with Gasteiger partial charge in [-0.1, -0.05) is 0 Å². The van der Waals surface area contributed by atoms with Crippen LogP contribution in [0.1, 0.15) is 31.4 Å². The number of nitrogens with one attached hydrogen (secondary N) is 4. The second kappa shape index (κ2) is 14.0. The minimum Gasteiger partial charge on any atom is -0.480 e. The molecule has 1 rings (SSSR count). The fourth-order valence-corrected chi connectivity index (χ4v) is 2.89. The van der Waals surface area contributed by atoms with E-state index in [1.54, 1.807) is 0 Å². The van der Waals surface area contributed by atoms with Gasteiger partial charge in [-0.2, -0.15) is 0 Å². The zero-order valence-electron chi connectivity index (χ0n) is 19.1. The summed E-state index contributed by atoms with van der Waals surface area (Å²) in [5.41, 5.74) is 21.3. The lowest BCUT2D eigenvalue weighted by molar-refractivity contribution is -0.142. The largest absolute Gasteiger partial charge is 0.480 e. The molecule has 0 bridgehead atoms. The summed E-state index contributed by atoms with van der Waals surface area (Å²) in [4.78, 5) is 89.5. The zero-order valence-corrected chi connectivity index (χ0v) is 19.1. The predicted molar refractivity (Wildman–Crippen MR) is 120 cm³/mol. The van der Waals surface area contributed by atoms with Gasteiger partial charge >= 0.3 is 5.97 Å². The van der Waals surface area contributed by atoms with E-state index in [1.807, 2.05) is 0 Å². The number of nitrogens with two attached hydrogens (primary N) is 4. The number of primary amides is 3. The SMILES string of the molecule is NC(=O)CCC(N)C(=O)NC(CC(N)=O)C(=O)NC(CC(N)=O)C(=O)NC(Cc1cnc[nH]1)C(=O)O. The molecule has 0 spiro atoms. The van der Waals surface area contributed by atoms with E-state index in [4.69, 9.17) is 22.9 Å². The molecule has 0 radical (unpaired) electrons. The summed E-state index contributed by atoms with van der Waals surface area (Å²) in [5, 5.41) is 15.9. The first-order valence-corrected chi connectivity index (χ1v) is 10.5. The van der Waals surface area contributed by atoms with Crippen molar-refractivity contribution in [2.45, 2.75) is 56.3 Å². The molecule has 1 aromatic rings. The van der Waals surface area contributed by atoms with Crippen molar-refractivity contribution in [3.63, 3.8) is 0 Å². The first kappa shape index (κ1) is 29.5. The van der Waals surface area contributed by atoms with Gasteiger partial charge in [0.25, 0.3) is 0 Å². The van der Waals surface area contributed by atoms with Crippen LogP contribution in [-0.4, -0.2) is 80.7 Å². The number of carboxylic acid groups (broad SMARTS) is 1. The Morgan fingerprint density at radius 3 is 1.75 bits per heavy atom. The lowest BCUT2D eigenvalue weighted by Crippen LogP contribution is -2.58. The lowest BCUT2D eigenvalue weighted by atomic mass is 10.1. The van der Waals surface area contributed by atoms with E-state index in [-0.39, 0.29) is 19.3 Å². The molecule has 0 aromatic carbocycles. The number of carboxylic acids is 1. The average molecular weight is 511 g/mol. The van der Waals surface area contributed by atoms with Crippen LogP contribution in [0.25, 0.3) is 0 Å². The summed E-state index contributed by atoms with van der Waals surface area (Å²) >= 11 is 0. The van der Waals surface area contributed by atoms with Gasteiger partial charge in [-0.25, -0.2) is 9.78 Å². The molecule has 6 amide bonds. The first-order valence-electron chi connectivity index (χ1n) is 10.5. The Labute approximate surface area is 204 Å². The summed E-state index contributed by atoms with van der Waals surface area (Å²) in [6.45, 7) is 0. The van der Waals surface area contributed by atoms with E-state index in [9.17, 15) is 38.7 Å². The van der Waals surface area contributed by atoms with Gasteiger partial charge in [0.15, 0.2) is 0 Å². The third-order valence-corrected chi connectivity index (χ3v) is 4.71. The predicted octanol–water partition coefficient (Wildman–Crippen LogP) is -5.17. The smallest absolute Gasteiger partial charge is 0.326 e. The molecule has 36 heavy (non-hydrogen) atoms. The number of imidazole rings is 1. The molecule has 4 atom stereocenters. The second-order valence-electron chi connectivity index (χ2n) is 7.76. The number of aliphatic carboxylic acids is 1. The molecule has 0 saturated carbocycles. The fourth-order valence-electron chi connectivity index (χ4n) is 2.89. The summed E-state index contributed by atoms with van der Waals surface area (Å²) in [6.07, 6.45) is 0.653. The Kier molecular flexibility index (Phi) is 11.5. The number of amides is 6. The van der Waals surface area contributed by atoms with E-state index in [0.29, 0.717) is 5.69 Å². The topological polar surface area (TPSA) is 309 Å². The van der Waals surface area contributed by atoms with Crippen LogP contribution in [0.4, 0.5) is 0 Å². The molecule has 0 aliphatic carbocycles. The molecule has 1 heterocycles. The van der Waals surface area contributed by atoms with Gasteiger partial charge in [0.1, 0.15) is 18.1 Å². The van der Waals surface area contributed by atoms with Crippen LogP contribution in [0.15, 0.2) is 12.5 Å². The molecule has 4 unspecified atom stereocenters. The summed E-state index contributed by atoms with van der Waals surface area (Å²) < 4.78 is 0. The van der Waals surface area contributed by atoms with Gasteiger partial charge in [-0.3, -0.25) is 28.8 Å². The highest BCUT2D eigenvalue weighted by Crippen LogP contribution is 2.03. The minimum absolute atomic E-state index is 0.147. The van der Waals surface area contributed by atoms with Crippen molar-refractivity contribution in [3.8, 4) is 0 Å².